The highest BCUT2D eigenvalue weighted by molar-refractivity contribution is 7.89. The fourth-order valence-electron chi connectivity index (χ4n) is 3.76. The van der Waals surface area contributed by atoms with Crippen LogP contribution in [0.4, 0.5) is 0 Å². The van der Waals surface area contributed by atoms with Crippen molar-refractivity contribution >= 4 is 27.5 Å². The van der Waals surface area contributed by atoms with Crippen molar-refractivity contribution in [2.75, 3.05) is 19.7 Å². The van der Waals surface area contributed by atoms with Crippen molar-refractivity contribution in [2.24, 2.45) is 5.92 Å². The molecule has 0 atom stereocenters. The molecule has 1 heterocycles. The molecule has 8 heteroatoms. The topological polar surface area (TPSA) is 75.7 Å². The lowest BCUT2D eigenvalue weighted by molar-refractivity contribution is -0.134. The van der Waals surface area contributed by atoms with Crippen LogP contribution >= 0.6 is 11.6 Å². The number of rotatable bonds is 6. The van der Waals surface area contributed by atoms with Gasteiger partial charge in [-0.1, -0.05) is 37.8 Å². The van der Waals surface area contributed by atoms with E-state index in [-0.39, 0.29) is 28.5 Å². The minimum atomic E-state index is -3.62. The maximum absolute atomic E-state index is 12.6. The Labute approximate surface area is 172 Å². The smallest absolute Gasteiger partial charge is 0.260 e. The third kappa shape index (κ3) is 5.61. The molecule has 6 nitrogen and oxygen atoms in total. The van der Waals surface area contributed by atoms with Crippen LogP contribution in [0.15, 0.2) is 23.1 Å². The molecule has 1 saturated carbocycles. The monoisotopic (exact) mass is 428 g/mol. The Hall–Kier alpha value is -1.31. The number of piperidine rings is 1. The van der Waals surface area contributed by atoms with Crippen LogP contribution in [0.1, 0.15) is 51.9 Å². The lowest BCUT2D eigenvalue weighted by atomic mass is 9.96. The van der Waals surface area contributed by atoms with Crippen molar-refractivity contribution in [1.29, 1.82) is 0 Å². The third-order valence-electron chi connectivity index (χ3n) is 5.63. The fraction of sp³-hybridized carbons (Fsp3) is 0.650. The van der Waals surface area contributed by atoms with Crippen molar-refractivity contribution in [1.82, 2.24) is 9.62 Å². The second-order valence-corrected chi connectivity index (χ2v) is 10.0. The molecule has 2 aliphatic rings. The van der Waals surface area contributed by atoms with Gasteiger partial charge in [0.15, 0.2) is 6.61 Å². The second kappa shape index (κ2) is 9.46. The average molecular weight is 429 g/mol. The summed E-state index contributed by atoms with van der Waals surface area (Å²) in [5.41, 5.74) is 0. The number of amides is 1. The number of halogens is 1. The first-order valence-electron chi connectivity index (χ1n) is 10.1. The van der Waals surface area contributed by atoms with Crippen molar-refractivity contribution < 1.29 is 17.9 Å². The van der Waals surface area contributed by atoms with Gasteiger partial charge in [0, 0.05) is 19.1 Å². The van der Waals surface area contributed by atoms with Gasteiger partial charge in [0.25, 0.3) is 5.91 Å². The number of nitrogens with zero attached hydrogens (tertiary/aromatic N) is 1. The van der Waals surface area contributed by atoms with Gasteiger partial charge < -0.3 is 9.64 Å². The van der Waals surface area contributed by atoms with Crippen LogP contribution in [-0.2, 0) is 14.8 Å². The first-order valence-corrected chi connectivity index (χ1v) is 11.9. The van der Waals surface area contributed by atoms with Gasteiger partial charge in [0.2, 0.25) is 10.0 Å². The minimum absolute atomic E-state index is 0.0154. The van der Waals surface area contributed by atoms with E-state index in [1.807, 2.05) is 0 Å². The summed E-state index contributed by atoms with van der Waals surface area (Å²) < 4.78 is 33.5. The summed E-state index contributed by atoms with van der Waals surface area (Å²) in [6, 6.07) is 4.36. The Kier molecular flexibility index (Phi) is 7.23. The molecule has 0 spiro atoms. The minimum Gasteiger partial charge on any atom is -0.482 e. The molecule has 1 aromatic carbocycles. The molecular formula is C20H29ClN2O4S. The number of carbonyl (C=O) groups is 1. The van der Waals surface area contributed by atoms with E-state index >= 15 is 0 Å². The van der Waals surface area contributed by atoms with Crippen LogP contribution in [0.25, 0.3) is 0 Å². The van der Waals surface area contributed by atoms with Gasteiger partial charge in [-0.05, 0) is 49.8 Å². The van der Waals surface area contributed by atoms with E-state index in [1.54, 1.807) is 4.90 Å². The molecule has 28 heavy (non-hydrogen) atoms. The van der Waals surface area contributed by atoms with E-state index in [1.165, 1.54) is 18.2 Å². The molecule has 0 radical (unpaired) electrons. The van der Waals surface area contributed by atoms with E-state index in [0.29, 0.717) is 11.7 Å². The normalized spacial score (nSPS) is 19.6. The van der Waals surface area contributed by atoms with Crippen LogP contribution in [-0.4, -0.2) is 45.0 Å². The van der Waals surface area contributed by atoms with Crippen molar-refractivity contribution in [2.45, 2.75) is 62.8 Å². The maximum Gasteiger partial charge on any atom is 0.260 e. The number of likely N-dealkylation sites (tertiary alicyclic amines) is 1. The zero-order valence-electron chi connectivity index (χ0n) is 16.3. The fourth-order valence-corrected chi connectivity index (χ4v) is 5.39. The van der Waals surface area contributed by atoms with Gasteiger partial charge in [0.1, 0.15) is 5.75 Å². The first kappa shape index (κ1) is 21.4. The number of hydrogen-bond donors (Lipinski definition) is 1. The van der Waals surface area contributed by atoms with Crippen LogP contribution in [0.2, 0.25) is 5.02 Å². The molecule has 0 unspecified atom stereocenters. The summed E-state index contributed by atoms with van der Waals surface area (Å²) in [6.45, 7) is 3.60. The molecule has 0 aromatic heterocycles. The number of hydrogen-bond acceptors (Lipinski definition) is 4. The van der Waals surface area contributed by atoms with Crippen LogP contribution in [0.5, 0.6) is 5.75 Å². The summed E-state index contributed by atoms with van der Waals surface area (Å²) in [7, 11) is -3.62. The van der Waals surface area contributed by atoms with E-state index in [4.69, 9.17) is 16.3 Å². The number of nitrogens with one attached hydrogen (secondary N) is 1. The Balaban J connectivity index is 1.58. The summed E-state index contributed by atoms with van der Waals surface area (Å²) in [4.78, 5) is 14.2. The third-order valence-corrected chi connectivity index (χ3v) is 7.44. The predicted octanol–water partition coefficient (Wildman–Crippen LogP) is 3.59. The Morgan fingerprint density at radius 1 is 1.18 bits per heavy atom. The summed E-state index contributed by atoms with van der Waals surface area (Å²) in [5.74, 6) is 0.895. The van der Waals surface area contributed by atoms with Gasteiger partial charge >= 0.3 is 0 Å². The quantitative estimate of drug-likeness (QED) is 0.751. The summed E-state index contributed by atoms with van der Waals surface area (Å²) in [5, 5.41) is 0.187. The Morgan fingerprint density at radius 2 is 1.86 bits per heavy atom. The lowest BCUT2D eigenvalue weighted by Crippen LogP contribution is -2.40. The van der Waals surface area contributed by atoms with E-state index < -0.39 is 10.0 Å². The molecule has 1 saturated heterocycles. The highest BCUT2D eigenvalue weighted by atomic mass is 35.5. The van der Waals surface area contributed by atoms with Gasteiger partial charge in [-0.2, -0.15) is 0 Å². The highest BCUT2D eigenvalue weighted by Gasteiger charge is 2.24. The molecule has 1 aliphatic carbocycles. The average Bonchev–Trinajstić information content (AvgIpc) is 2.67. The van der Waals surface area contributed by atoms with Crippen molar-refractivity contribution in [3.05, 3.63) is 23.2 Å². The van der Waals surface area contributed by atoms with Crippen molar-refractivity contribution in [3.63, 3.8) is 0 Å². The zero-order chi connectivity index (χ0) is 20.1. The van der Waals surface area contributed by atoms with Crippen LogP contribution in [0, 0.1) is 5.92 Å². The molecule has 0 bridgehead atoms. The van der Waals surface area contributed by atoms with Gasteiger partial charge in [-0.3, -0.25) is 4.79 Å². The predicted molar refractivity (Wildman–Crippen MR) is 109 cm³/mol. The SMILES string of the molecule is CC1CCN(C(=O)COc2ccc(S(=O)(=O)NC3CCCCC3)cc2Cl)CC1. The Morgan fingerprint density at radius 3 is 2.50 bits per heavy atom. The number of carbonyl (C=O) groups excluding carboxylic acids is 1. The van der Waals surface area contributed by atoms with Gasteiger partial charge in [0.05, 0.1) is 9.92 Å². The number of sulfonamides is 1. The number of ether oxygens (including phenoxy) is 1. The van der Waals surface area contributed by atoms with E-state index in [9.17, 15) is 13.2 Å². The van der Waals surface area contributed by atoms with Crippen molar-refractivity contribution in [3.8, 4) is 5.75 Å². The number of benzene rings is 1. The second-order valence-electron chi connectivity index (χ2n) is 7.90. The largest absolute Gasteiger partial charge is 0.482 e. The highest BCUT2D eigenvalue weighted by Crippen LogP contribution is 2.28. The molecular weight excluding hydrogens is 400 g/mol. The lowest BCUT2D eigenvalue weighted by Gasteiger charge is -2.30. The van der Waals surface area contributed by atoms with E-state index in [2.05, 4.69) is 11.6 Å². The molecule has 1 aromatic rings. The van der Waals surface area contributed by atoms with Gasteiger partial charge in [-0.15, -0.1) is 0 Å². The summed E-state index contributed by atoms with van der Waals surface area (Å²) >= 11 is 6.22. The summed E-state index contributed by atoms with van der Waals surface area (Å²) in [6.07, 6.45) is 7.00. The molecule has 1 N–H and O–H groups in total. The molecule has 1 aliphatic heterocycles. The van der Waals surface area contributed by atoms with E-state index in [0.717, 1.165) is 58.0 Å². The molecule has 2 fully saturated rings. The van der Waals surface area contributed by atoms with Crippen LogP contribution < -0.4 is 9.46 Å². The Bertz CT molecular complexity index is 785. The first-order chi connectivity index (χ1) is 13.3. The molecule has 156 valence electrons. The van der Waals surface area contributed by atoms with Crippen LogP contribution in [0.3, 0.4) is 0 Å². The maximum atomic E-state index is 12.6. The standard InChI is InChI=1S/C20H29ClN2O4S/c1-15-9-11-23(12-10-15)20(24)14-27-19-8-7-17(13-18(19)21)28(25,26)22-16-5-3-2-4-6-16/h7-8,13,15-16,22H,2-6,9-12,14H2,1H3. The zero-order valence-corrected chi connectivity index (χ0v) is 17.9. The van der Waals surface area contributed by atoms with Gasteiger partial charge in [-0.25, -0.2) is 13.1 Å². The molecule has 3 rings (SSSR count). The molecule has 1 amide bonds.